The second-order valence-corrected chi connectivity index (χ2v) is 6.14. The van der Waals surface area contributed by atoms with E-state index in [1.807, 2.05) is 0 Å². The van der Waals surface area contributed by atoms with Crippen LogP contribution < -0.4 is 0 Å². The highest BCUT2D eigenvalue weighted by Gasteiger charge is 2.15. The van der Waals surface area contributed by atoms with E-state index in [2.05, 4.69) is 65.9 Å². The van der Waals surface area contributed by atoms with Crippen LogP contribution in [0.25, 0.3) is 0 Å². The van der Waals surface area contributed by atoms with Crippen LogP contribution in [0.3, 0.4) is 0 Å². The first-order valence-electron chi connectivity index (χ1n) is 6.03. The normalized spacial score (nSPS) is 18.5. The van der Waals surface area contributed by atoms with E-state index in [-0.39, 0.29) is 0 Å². The first-order valence-corrected chi connectivity index (χ1v) is 7.94. The largest absolute Gasteiger partial charge is 0.300 e. The van der Waals surface area contributed by atoms with Gasteiger partial charge in [-0.25, -0.2) is 0 Å². The predicted molar refractivity (Wildman–Crippen MR) is 79.7 cm³/mol. The lowest BCUT2D eigenvalue weighted by molar-refractivity contribution is 0.133. The number of hydrogen-bond acceptors (Lipinski definition) is 2. The summed E-state index contributed by atoms with van der Waals surface area (Å²) < 4.78 is 1.16. The fourth-order valence-corrected chi connectivity index (χ4v) is 2.90. The summed E-state index contributed by atoms with van der Waals surface area (Å²) in [5.74, 6) is 0. The van der Waals surface area contributed by atoms with Crippen molar-refractivity contribution in [3.8, 4) is 0 Å². The molecule has 1 saturated heterocycles. The molecule has 1 heterocycles. The Morgan fingerprint density at radius 1 is 0.941 bits per heavy atom. The van der Waals surface area contributed by atoms with Crippen molar-refractivity contribution >= 4 is 31.9 Å². The molecule has 0 atom stereocenters. The van der Waals surface area contributed by atoms with Crippen molar-refractivity contribution in [3.63, 3.8) is 0 Å². The molecular formula is C13H18Br2N2. The van der Waals surface area contributed by atoms with Crippen molar-refractivity contribution < 1.29 is 0 Å². The Hall–Kier alpha value is 0.100. The van der Waals surface area contributed by atoms with Gasteiger partial charge in [-0.3, -0.25) is 9.80 Å². The van der Waals surface area contributed by atoms with Crippen LogP contribution in [0.4, 0.5) is 0 Å². The lowest BCUT2D eigenvalue weighted by atomic mass is 10.2. The Kier molecular flexibility index (Phi) is 5.48. The summed E-state index contributed by atoms with van der Waals surface area (Å²) in [4.78, 5) is 5.06. The third-order valence-electron chi connectivity index (χ3n) is 3.19. The maximum Gasteiger partial charge on any atom is 0.0234 e. The average Bonchev–Trinajstić information content (AvgIpc) is 2.35. The van der Waals surface area contributed by atoms with Crippen LogP contribution >= 0.6 is 31.9 Å². The molecule has 2 rings (SSSR count). The number of benzene rings is 1. The minimum Gasteiger partial charge on any atom is -0.300 e. The highest BCUT2D eigenvalue weighted by Crippen LogP contribution is 2.13. The van der Waals surface area contributed by atoms with E-state index < -0.39 is 0 Å². The summed E-state index contributed by atoms with van der Waals surface area (Å²) in [6.07, 6.45) is 0. The molecule has 0 bridgehead atoms. The molecule has 1 aliphatic rings. The smallest absolute Gasteiger partial charge is 0.0234 e. The zero-order chi connectivity index (χ0) is 12.1. The lowest BCUT2D eigenvalue weighted by Crippen LogP contribution is -2.46. The van der Waals surface area contributed by atoms with Crippen LogP contribution in [-0.4, -0.2) is 47.9 Å². The average molecular weight is 362 g/mol. The third-order valence-corrected chi connectivity index (χ3v) is 4.07. The van der Waals surface area contributed by atoms with Gasteiger partial charge in [-0.15, -0.1) is 0 Å². The van der Waals surface area contributed by atoms with Gasteiger partial charge in [0.2, 0.25) is 0 Å². The summed E-state index contributed by atoms with van der Waals surface area (Å²) >= 11 is 6.97. The molecule has 0 radical (unpaired) electrons. The molecule has 17 heavy (non-hydrogen) atoms. The Morgan fingerprint density at radius 3 is 2.12 bits per heavy atom. The highest BCUT2D eigenvalue weighted by molar-refractivity contribution is 9.10. The van der Waals surface area contributed by atoms with Crippen LogP contribution in [0.1, 0.15) is 5.56 Å². The van der Waals surface area contributed by atoms with Gasteiger partial charge in [0.05, 0.1) is 0 Å². The lowest BCUT2D eigenvalue weighted by Gasteiger charge is -2.34. The molecule has 0 amide bonds. The predicted octanol–water partition coefficient (Wildman–Crippen LogP) is 2.96. The molecule has 1 aromatic carbocycles. The number of halogens is 2. The molecule has 94 valence electrons. The van der Waals surface area contributed by atoms with Gasteiger partial charge in [0.1, 0.15) is 0 Å². The van der Waals surface area contributed by atoms with Crippen molar-refractivity contribution in [1.82, 2.24) is 9.80 Å². The van der Waals surface area contributed by atoms with Gasteiger partial charge in [0.25, 0.3) is 0 Å². The number of nitrogens with zero attached hydrogens (tertiary/aromatic N) is 2. The number of alkyl halides is 1. The molecule has 2 nitrogen and oxygen atoms in total. The second-order valence-electron chi connectivity index (χ2n) is 4.43. The van der Waals surface area contributed by atoms with Gasteiger partial charge in [-0.1, -0.05) is 44.0 Å². The number of hydrogen-bond donors (Lipinski definition) is 0. The van der Waals surface area contributed by atoms with Gasteiger partial charge >= 0.3 is 0 Å². The van der Waals surface area contributed by atoms with Crippen molar-refractivity contribution in [3.05, 3.63) is 34.3 Å². The Bertz CT molecular complexity index is 332. The van der Waals surface area contributed by atoms with Gasteiger partial charge in [-0.2, -0.15) is 0 Å². The topological polar surface area (TPSA) is 6.48 Å². The minimum absolute atomic E-state index is 1.08. The van der Waals surface area contributed by atoms with E-state index in [0.717, 1.165) is 16.3 Å². The second kappa shape index (κ2) is 6.88. The van der Waals surface area contributed by atoms with Crippen LogP contribution in [-0.2, 0) is 6.54 Å². The first-order chi connectivity index (χ1) is 8.28. The van der Waals surface area contributed by atoms with E-state index in [4.69, 9.17) is 0 Å². The quantitative estimate of drug-likeness (QED) is 0.760. The zero-order valence-electron chi connectivity index (χ0n) is 9.91. The van der Waals surface area contributed by atoms with Crippen LogP contribution in [0, 0.1) is 0 Å². The summed E-state index contributed by atoms with van der Waals surface area (Å²) in [7, 11) is 0. The standard InChI is InChI=1S/C13H18Br2N2/c14-5-6-16-7-9-17(10-8-16)11-12-1-3-13(15)4-2-12/h1-4H,5-11H2. The minimum atomic E-state index is 1.08. The Morgan fingerprint density at radius 2 is 1.53 bits per heavy atom. The van der Waals surface area contributed by atoms with Crippen LogP contribution in [0.15, 0.2) is 28.7 Å². The van der Waals surface area contributed by atoms with E-state index in [0.29, 0.717) is 0 Å². The molecule has 1 fully saturated rings. The Balaban J connectivity index is 1.79. The van der Waals surface area contributed by atoms with Gasteiger partial charge in [-0.05, 0) is 17.7 Å². The van der Waals surface area contributed by atoms with Gasteiger partial charge in [0, 0.05) is 49.1 Å². The first kappa shape index (κ1) is 13.5. The highest BCUT2D eigenvalue weighted by atomic mass is 79.9. The van der Waals surface area contributed by atoms with E-state index >= 15 is 0 Å². The van der Waals surface area contributed by atoms with E-state index in [9.17, 15) is 0 Å². The third kappa shape index (κ3) is 4.36. The maximum atomic E-state index is 3.50. The summed E-state index contributed by atoms with van der Waals surface area (Å²) in [6, 6.07) is 8.65. The van der Waals surface area contributed by atoms with Crippen molar-refractivity contribution in [2.45, 2.75) is 6.54 Å². The molecule has 0 N–H and O–H groups in total. The zero-order valence-corrected chi connectivity index (χ0v) is 13.1. The summed E-state index contributed by atoms with van der Waals surface area (Å²) in [5, 5.41) is 1.08. The van der Waals surface area contributed by atoms with E-state index in [1.54, 1.807) is 0 Å². The van der Waals surface area contributed by atoms with Crippen molar-refractivity contribution in [2.24, 2.45) is 0 Å². The molecule has 0 unspecified atom stereocenters. The fourth-order valence-electron chi connectivity index (χ4n) is 2.14. The SMILES string of the molecule is BrCCN1CCN(Cc2ccc(Br)cc2)CC1. The summed E-state index contributed by atoms with van der Waals surface area (Å²) in [5.41, 5.74) is 1.40. The van der Waals surface area contributed by atoms with Crippen LogP contribution in [0.2, 0.25) is 0 Å². The molecule has 1 aromatic rings. The molecular weight excluding hydrogens is 344 g/mol. The molecule has 0 aliphatic carbocycles. The maximum absolute atomic E-state index is 3.50. The molecule has 0 aromatic heterocycles. The Labute approximate surface area is 120 Å². The van der Waals surface area contributed by atoms with Crippen molar-refractivity contribution in [1.29, 1.82) is 0 Å². The van der Waals surface area contributed by atoms with Crippen LogP contribution in [0.5, 0.6) is 0 Å². The van der Waals surface area contributed by atoms with Gasteiger partial charge in [0.15, 0.2) is 0 Å². The monoisotopic (exact) mass is 360 g/mol. The summed E-state index contributed by atoms with van der Waals surface area (Å²) in [6.45, 7) is 7.01. The molecule has 0 spiro atoms. The fraction of sp³-hybridized carbons (Fsp3) is 0.538. The number of rotatable bonds is 4. The molecule has 0 saturated carbocycles. The van der Waals surface area contributed by atoms with Crippen molar-refractivity contribution in [2.75, 3.05) is 38.1 Å². The van der Waals surface area contributed by atoms with Gasteiger partial charge < -0.3 is 0 Å². The van der Waals surface area contributed by atoms with E-state index in [1.165, 1.54) is 38.3 Å². The molecule has 4 heteroatoms. The molecule has 1 aliphatic heterocycles. The number of piperazine rings is 1.